The zero-order valence-corrected chi connectivity index (χ0v) is 11.3. The van der Waals surface area contributed by atoms with Gasteiger partial charge in [0.1, 0.15) is 0 Å². The van der Waals surface area contributed by atoms with Gasteiger partial charge in [0.2, 0.25) is 0 Å². The lowest BCUT2D eigenvalue weighted by molar-refractivity contribution is 0.411. The number of hydrogen-bond donors (Lipinski definition) is 0. The molecule has 2 aromatic carbocycles. The van der Waals surface area contributed by atoms with Crippen molar-refractivity contribution in [3.63, 3.8) is 0 Å². The fraction of sp³-hybridized carbons (Fsp3) is 0.0556. The summed E-state index contributed by atoms with van der Waals surface area (Å²) in [7, 11) is 0. The van der Waals surface area contributed by atoms with E-state index in [1.54, 1.807) is 0 Å². The molecule has 3 rings (SSSR count). The minimum Gasteiger partial charge on any atom is -0.711 e. The molecule has 20 heavy (non-hydrogen) atoms. The van der Waals surface area contributed by atoms with Crippen LogP contribution < -0.4 is 0 Å². The van der Waals surface area contributed by atoms with Gasteiger partial charge in [-0.25, -0.2) is 12.5 Å². The van der Waals surface area contributed by atoms with Crippen molar-refractivity contribution in [3.05, 3.63) is 95.5 Å². The van der Waals surface area contributed by atoms with E-state index in [1.165, 1.54) is 0 Å². The molecule has 0 spiro atoms. The molecule has 1 aliphatic rings. The highest BCUT2D eigenvalue weighted by atomic mass is 16.5. The topological polar surface area (TPSA) is 23.3 Å². The molecule has 2 nitrogen and oxygen atoms in total. The summed E-state index contributed by atoms with van der Waals surface area (Å²) in [5.41, 5.74) is 2.98. The number of ether oxygens (including phenoxy) is 1. The number of nitrogens with zero attached hydrogens (tertiary/aromatic N) is 1. The highest BCUT2D eigenvalue weighted by molar-refractivity contribution is 5.97. The normalized spacial score (nSPS) is 15.9. The largest absolute Gasteiger partial charge is 0.711 e. The van der Waals surface area contributed by atoms with Crippen LogP contribution in [0.3, 0.4) is 0 Å². The van der Waals surface area contributed by atoms with Crippen LogP contribution in [0.5, 0.6) is 0 Å². The van der Waals surface area contributed by atoms with Crippen molar-refractivity contribution in [2.24, 2.45) is 0 Å². The lowest BCUT2D eigenvalue weighted by atomic mass is 10.1. The molecule has 0 unspecified atom stereocenters. The van der Waals surface area contributed by atoms with Crippen LogP contribution in [-0.4, -0.2) is 0 Å². The maximum Gasteiger partial charge on any atom is 0.0941 e. The standard InChI is InChI=1S/C18H15NO/c1-2-9-16-19-17(14-10-5-3-6-11-14)18(20-16)15-12-7-4-8-13-15/h2-13H,1H3/q-2. The van der Waals surface area contributed by atoms with E-state index >= 15 is 0 Å². The van der Waals surface area contributed by atoms with Crippen LogP contribution in [0, 0.1) is 6.42 Å². The van der Waals surface area contributed by atoms with Gasteiger partial charge in [0.25, 0.3) is 0 Å². The Labute approximate surface area is 119 Å². The summed E-state index contributed by atoms with van der Waals surface area (Å²) in [6.07, 6.45) is 3.80. The second-order valence-electron chi connectivity index (χ2n) is 4.46. The van der Waals surface area contributed by atoms with E-state index in [2.05, 4.69) is 5.32 Å². The molecule has 2 aromatic rings. The Hall–Kier alpha value is -2.61. The van der Waals surface area contributed by atoms with E-state index in [9.17, 15) is 0 Å². The van der Waals surface area contributed by atoms with E-state index in [0.29, 0.717) is 5.88 Å². The summed E-state index contributed by atoms with van der Waals surface area (Å²) in [5.74, 6) is 1.44. The third-order valence-corrected chi connectivity index (χ3v) is 3.04. The van der Waals surface area contributed by atoms with E-state index in [-0.39, 0.29) is 0 Å². The van der Waals surface area contributed by atoms with E-state index in [0.717, 1.165) is 22.6 Å². The monoisotopic (exact) mass is 261 g/mol. The second kappa shape index (κ2) is 5.57. The average Bonchev–Trinajstić information content (AvgIpc) is 2.93. The number of rotatable bonds is 3. The van der Waals surface area contributed by atoms with Crippen LogP contribution in [0.25, 0.3) is 16.8 Å². The van der Waals surface area contributed by atoms with Crippen molar-refractivity contribution >= 4 is 11.5 Å². The summed E-state index contributed by atoms with van der Waals surface area (Å²) in [6, 6.07) is 20.2. The van der Waals surface area contributed by atoms with Crippen LogP contribution >= 0.6 is 0 Å². The number of hydrogen-bond acceptors (Lipinski definition) is 1. The van der Waals surface area contributed by atoms with Crippen LogP contribution in [0.1, 0.15) is 18.1 Å². The molecule has 100 valence electrons. The maximum absolute atomic E-state index is 5.90. The van der Waals surface area contributed by atoms with Crippen molar-refractivity contribution in [3.8, 4) is 0 Å². The van der Waals surface area contributed by atoms with Gasteiger partial charge in [-0.3, -0.25) is 0 Å². The first-order valence-electron chi connectivity index (χ1n) is 6.63. The summed E-state index contributed by atoms with van der Waals surface area (Å²) < 4.78 is 5.90. The molecule has 0 aromatic heterocycles. The Morgan fingerprint density at radius 1 is 0.900 bits per heavy atom. The molecule has 1 aliphatic heterocycles. The zero-order valence-electron chi connectivity index (χ0n) is 11.3. The minimum atomic E-state index is 0.630. The highest BCUT2D eigenvalue weighted by Gasteiger charge is 2.09. The molecule has 2 heteroatoms. The molecular formula is C18H15NO-2. The molecule has 1 heterocycles. The van der Waals surface area contributed by atoms with Gasteiger partial charge in [-0.2, -0.15) is 0 Å². The third kappa shape index (κ3) is 2.41. The smallest absolute Gasteiger partial charge is 0.0941 e. The first kappa shape index (κ1) is 12.4. The van der Waals surface area contributed by atoms with E-state index in [4.69, 9.17) is 4.74 Å². The molecule has 0 fully saturated rings. The van der Waals surface area contributed by atoms with Crippen LogP contribution in [0.4, 0.5) is 0 Å². The van der Waals surface area contributed by atoms with Crippen LogP contribution in [0.15, 0.2) is 72.6 Å². The van der Waals surface area contributed by atoms with Crippen molar-refractivity contribution in [1.82, 2.24) is 0 Å². The number of allylic oxidation sites excluding steroid dienone is 1. The van der Waals surface area contributed by atoms with Crippen molar-refractivity contribution in [2.45, 2.75) is 6.92 Å². The van der Waals surface area contributed by atoms with Gasteiger partial charge >= 0.3 is 0 Å². The summed E-state index contributed by atoms with van der Waals surface area (Å²) in [6.45, 7) is 1.95. The van der Waals surface area contributed by atoms with Crippen molar-refractivity contribution in [1.29, 1.82) is 0 Å². The molecule has 0 radical (unpaired) electrons. The first-order valence-corrected chi connectivity index (χ1v) is 6.63. The predicted octanol–water partition coefficient (Wildman–Crippen LogP) is 4.98. The molecule has 0 aliphatic carbocycles. The Balaban J connectivity index is 2.07. The molecule has 0 N–H and O–H groups in total. The minimum absolute atomic E-state index is 0.630. The SMILES string of the molecule is C[CH-]C=C1[N-]C(c2ccccc2)=C(c2ccccc2)O1. The second-order valence-corrected chi connectivity index (χ2v) is 4.46. The third-order valence-electron chi connectivity index (χ3n) is 3.04. The Kier molecular flexibility index (Phi) is 3.46. The molecular weight excluding hydrogens is 246 g/mol. The molecule has 0 amide bonds. The maximum atomic E-state index is 5.90. The first-order chi connectivity index (χ1) is 9.88. The Morgan fingerprint density at radius 3 is 2.10 bits per heavy atom. The summed E-state index contributed by atoms with van der Waals surface area (Å²) in [4.78, 5) is 0. The van der Waals surface area contributed by atoms with Gasteiger partial charge in [-0.1, -0.05) is 66.4 Å². The molecule has 0 saturated heterocycles. The Morgan fingerprint density at radius 2 is 1.50 bits per heavy atom. The summed E-state index contributed by atoms with van der Waals surface area (Å²) >= 11 is 0. The van der Waals surface area contributed by atoms with Gasteiger partial charge in [0.05, 0.1) is 5.76 Å². The number of benzene rings is 2. The Bertz CT molecular complexity index is 588. The van der Waals surface area contributed by atoms with E-state index < -0.39 is 0 Å². The predicted molar refractivity (Wildman–Crippen MR) is 82.2 cm³/mol. The quantitative estimate of drug-likeness (QED) is 0.714. The van der Waals surface area contributed by atoms with Crippen LogP contribution in [0.2, 0.25) is 0 Å². The summed E-state index contributed by atoms with van der Waals surface area (Å²) in [5, 5.41) is 4.59. The highest BCUT2D eigenvalue weighted by Crippen LogP contribution is 2.42. The fourth-order valence-electron chi connectivity index (χ4n) is 2.13. The van der Waals surface area contributed by atoms with Gasteiger partial charge in [-0.15, -0.1) is 12.8 Å². The van der Waals surface area contributed by atoms with Crippen molar-refractivity contribution in [2.75, 3.05) is 0 Å². The lowest BCUT2D eigenvalue weighted by Gasteiger charge is -2.25. The van der Waals surface area contributed by atoms with Crippen LogP contribution in [-0.2, 0) is 4.74 Å². The molecule has 0 bridgehead atoms. The molecule has 0 atom stereocenters. The molecule has 0 saturated carbocycles. The van der Waals surface area contributed by atoms with Gasteiger partial charge in [-0.05, 0) is 5.56 Å². The van der Waals surface area contributed by atoms with Crippen molar-refractivity contribution < 1.29 is 4.74 Å². The zero-order chi connectivity index (χ0) is 13.8. The van der Waals surface area contributed by atoms with E-state index in [1.807, 2.05) is 80.1 Å². The van der Waals surface area contributed by atoms with Gasteiger partial charge < -0.3 is 10.1 Å². The van der Waals surface area contributed by atoms with Gasteiger partial charge in [0.15, 0.2) is 0 Å². The average molecular weight is 261 g/mol. The lowest BCUT2D eigenvalue weighted by Crippen LogP contribution is -1.86. The van der Waals surface area contributed by atoms with Gasteiger partial charge in [0, 0.05) is 5.56 Å². The fourth-order valence-corrected chi connectivity index (χ4v) is 2.13.